The topological polar surface area (TPSA) is 62.3 Å². The molecule has 1 aromatic rings. The van der Waals surface area contributed by atoms with E-state index in [1.807, 2.05) is 27.7 Å². The van der Waals surface area contributed by atoms with Crippen molar-refractivity contribution in [2.45, 2.75) is 38.6 Å². The summed E-state index contributed by atoms with van der Waals surface area (Å²) in [7, 11) is -1.86. The third-order valence-electron chi connectivity index (χ3n) is 3.31. The first-order chi connectivity index (χ1) is 8.80. The van der Waals surface area contributed by atoms with E-state index in [0.29, 0.717) is 5.82 Å². The summed E-state index contributed by atoms with van der Waals surface area (Å²) in [5, 5.41) is 3.04. The summed E-state index contributed by atoms with van der Waals surface area (Å²) in [6.07, 6.45) is 1.40. The molecular formula is C13H23N3O2S. The Balaban J connectivity index is 3.00. The van der Waals surface area contributed by atoms with Gasteiger partial charge in [-0.3, -0.25) is 0 Å². The maximum atomic E-state index is 12.4. The van der Waals surface area contributed by atoms with Crippen LogP contribution in [-0.4, -0.2) is 37.3 Å². The number of nitrogens with zero attached hydrogens (tertiary/aromatic N) is 2. The lowest BCUT2D eigenvalue weighted by Gasteiger charge is -2.27. The molecule has 0 fully saturated rings. The molecule has 1 rings (SSSR count). The van der Waals surface area contributed by atoms with Gasteiger partial charge in [-0.05, 0) is 31.9 Å². The zero-order valence-corrected chi connectivity index (χ0v) is 13.0. The Morgan fingerprint density at radius 2 is 1.95 bits per heavy atom. The molecular weight excluding hydrogens is 262 g/mol. The third kappa shape index (κ3) is 3.67. The second-order valence-corrected chi connectivity index (χ2v) is 6.91. The molecule has 0 aliphatic rings. The molecule has 1 N–H and O–H groups in total. The predicted molar refractivity (Wildman–Crippen MR) is 77.6 cm³/mol. The molecule has 0 spiro atoms. The smallest absolute Gasteiger partial charge is 0.244 e. The van der Waals surface area contributed by atoms with Gasteiger partial charge in [0, 0.05) is 25.8 Å². The Morgan fingerprint density at radius 1 is 1.32 bits per heavy atom. The van der Waals surface area contributed by atoms with Gasteiger partial charge in [-0.25, -0.2) is 13.4 Å². The minimum absolute atomic E-state index is 0.0570. The van der Waals surface area contributed by atoms with E-state index in [9.17, 15) is 8.42 Å². The van der Waals surface area contributed by atoms with Crippen molar-refractivity contribution >= 4 is 15.8 Å². The summed E-state index contributed by atoms with van der Waals surface area (Å²) >= 11 is 0. The second-order valence-electron chi connectivity index (χ2n) is 4.92. The molecule has 1 aromatic heterocycles. The Bertz CT molecular complexity index is 497. The number of pyridine rings is 1. The standard InChI is InChI=1S/C13H23N3O2S/c1-6-14-13-8-7-12(9-15-13)19(17,18)16(5)11(4)10(2)3/h7-11H,6H2,1-5H3,(H,14,15). The molecule has 6 heteroatoms. The third-order valence-corrected chi connectivity index (χ3v) is 5.24. The first-order valence-electron chi connectivity index (χ1n) is 6.48. The zero-order valence-electron chi connectivity index (χ0n) is 12.2. The maximum absolute atomic E-state index is 12.4. The van der Waals surface area contributed by atoms with Gasteiger partial charge in [-0.2, -0.15) is 4.31 Å². The van der Waals surface area contributed by atoms with Gasteiger partial charge in [-0.1, -0.05) is 13.8 Å². The van der Waals surface area contributed by atoms with Crippen LogP contribution in [0.2, 0.25) is 0 Å². The Hall–Kier alpha value is -1.14. The van der Waals surface area contributed by atoms with Crippen LogP contribution in [-0.2, 0) is 10.0 Å². The summed E-state index contributed by atoms with van der Waals surface area (Å²) in [6.45, 7) is 8.63. The number of nitrogens with one attached hydrogen (secondary N) is 1. The minimum Gasteiger partial charge on any atom is -0.370 e. The molecule has 0 amide bonds. The molecule has 0 aromatic carbocycles. The second kappa shape index (κ2) is 6.34. The highest BCUT2D eigenvalue weighted by Crippen LogP contribution is 2.20. The predicted octanol–water partition coefficient (Wildman–Crippen LogP) is 2.18. The van der Waals surface area contributed by atoms with Gasteiger partial charge in [0.05, 0.1) is 0 Å². The largest absolute Gasteiger partial charge is 0.370 e. The van der Waals surface area contributed by atoms with E-state index in [4.69, 9.17) is 0 Å². The lowest BCUT2D eigenvalue weighted by atomic mass is 10.1. The molecule has 108 valence electrons. The first kappa shape index (κ1) is 15.9. The van der Waals surface area contributed by atoms with Crippen LogP contribution in [0.15, 0.2) is 23.2 Å². The Labute approximate surface area is 116 Å². The maximum Gasteiger partial charge on any atom is 0.244 e. The summed E-state index contributed by atoms with van der Waals surface area (Å²) in [5.74, 6) is 0.940. The summed E-state index contributed by atoms with van der Waals surface area (Å²) < 4.78 is 26.2. The van der Waals surface area contributed by atoms with Crippen LogP contribution in [0.3, 0.4) is 0 Å². The highest BCUT2D eigenvalue weighted by molar-refractivity contribution is 7.89. The van der Waals surface area contributed by atoms with Crippen molar-refractivity contribution in [1.29, 1.82) is 0 Å². The van der Waals surface area contributed by atoms with Crippen molar-refractivity contribution in [2.75, 3.05) is 18.9 Å². The highest BCUT2D eigenvalue weighted by Gasteiger charge is 2.27. The fourth-order valence-electron chi connectivity index (χ4n) is 1.62. The van der Waals surface area contributed by atoms with E-state index in [2.05, 4.69) is 10.3 Å². The van der Waals surface area contributed by atoms with E-state index < -0.39 is 10.0 Å². The molecule has 0 saturated heterocycles. The van der Waals surface area contributed by atoms with Gasteiger partial charge in [0.2, 0.25) is 10.0 Å². The average Bonchev–Trinajstić information content (AvgIpc) is 2.37. The van der Waals surface area contributed by atoms with Gasteiger partial charge in [-0.15, -0.1) is 0 Å². The molecule has 19 heavy (non-hydrogen) atoms. The number of aromatic nitrogens is 1. The van der Waals surface area contributed by atoms with E-state index in [1.165, 1.54) is 10.5 Å². The van der Waals surface area contributed by atoms with Gasteiger partial charge >= 0.3 is 0 Å². The van der Waals surface area contributed by atoms with E-state index >= 15 is 0 Å². The number of rotatable bonds is 6. The normalized spacial score (nSPS) is 13.8. The Kier molecular flexibility index (Phi) is 5.31. The number of sulfonamides is 1. The highest BCUT2D eigenvalue weighted by atomic mass is 32.2. The number of hydrogen-bond donors (Lipinski definition) is 1. The molecule has 1 heterocycles. The lowest BCUT2D eigenvalue weighted by Crippen LogP contribution is -2.38. The number of anilines is 1. The van der Waals surface area contributed by atoms with Crippen LogP contribution in [0.4, 0.5) is 5.82 Å². The van der Waals surface area contributed by atoms with Crippen LogP contribution in [0.1, 0.15) is 27.7 Å². The number of hydrogen-bond acceptors (Lipinski definition) is 4. The van der Waals surface area contributed by atoms with E-state index in [0.717, 1.165) is 6.54 Å². The average molecular weight is 285 g/mol. The zero-order chi connectivity index (χ0) is 14.6. The van der Waals surface area contributed by atoms with Gasteiger partial charge < -0.3 is 5.32 Å². The van der Waals surface area contributed by atoms with Crippen molar-refractivity contribution in [2.24, 2.45) is 5.92 Å². The molecule has 1 unspecified atom stereocenters. The van der Waals surface area contributed by atoms with Crippen LogP contribution in [0.25, 0.3) is 0 Å². The minimum atomic E-state index is -3.47. The molecule has 0 aliphatic heterocycles. The van der Waals surface area contributed by atoms with Crippen molar-refractivity contribution in [3.05, 3.63) is 18.3 Å². The molecule has 0 bridgehead atoms. The molecule has 1 atom stereocenters. The molecule has 0 saturated carbocycles. The van der Waals surface area contributed by atoms with Crippen molar-refractivity contribution in [3.63, 3.8) is 0 Å². The van der Waals surface area contributed by atoms with E-state index in [1.54, 1.807) is 19.2 Å². The fourth-order valence-corrected chi connectivity index (χ4v) is 3.06. The fraction of sp³-hybridized carbons (Fsp3) is 0.615. The monoisotopic (exact) mass is 285 g/mol. The van der Waals surface area contributed by atoms with Gasteiger partial charge in [0.25, 0.3) is 0 Å². The summed E-state index contributed by atoms with van der Waals surface area (Å²) in [4.78, 5) is 4.33. The first-order valence-corrected chi connectivity index (χ1v) is 7.92. The lowest BCUT2D eigenvalue weighted by molar-refractivity contribution is 0.315. The SMILES string of the molecule is CCNc1ccc(S(=O)(=O)N(C)C(C)C(C)C)cn1. The van der Waals surface area contributed by atoms with Crippen LogP contribution >= 0.6 is 0 Å². The molecule has 5 nitrogen and oxygen atoms in total. The quantitative estimate of drug-likeness (QED) is 0.870. The molecule has 0 aliphatic carbocycles. The van der Waals surface area contributed by atoms with Crippen molar-refractivity contribution < 1.29 is 8.42 Å². The van der Waals surface area contributed by atoms with Crippen LogP contribution in [0.5, 0.6) is 0 Å². The summed E-state index contributed by atoms with van der Waals surface area (Å²) in [5.41, 5.74) is 0. The van der Waals surface area contributed by atoms with Crippen molar-refractivity contribution in [3.8, 4) is 0 Å². The molecule has 0 radical (unpaired) electrons. The van der Waals surface area contributed by atoms with Crippen LogP contribution < -0.4 is 5.32 Å². The van der Waals surface area contributed by atoms with Crippen molar-refractivity contribution in [1.82, 2.24) is 9.29 Å². The van der Waals surface area contributed by atoms with Crippen LogP contribution in [0, 0.1) is 5.92 Å². The van der Waals surface area contributed by atoms with Gasteiger partial charge in [0.15, 0.2) is 0 Å². The summed E-state index contributed by atoms with van der Waals surface area (Å²) in [6, 6.07) is 3.21. The van der Waals surface area contributed by atoms with E-state index in [-0.39, 0.29) is 16.9 Å². The Morgan fingerprint density at radius 3 is 2.37 bits per heavy atom. The van der Waals surface area contributed by atoms with Gasteiger partial charge in [0.1, 0.15) is 10.7 Å².